The zero-order valence-corrected chi connectivity index (χ0v) is 20.0. The monoisotopic (exact) mass is 438 g/mol. The first kappa shape index (κ1) is 21.5. The molecule has 2 heterocycles. The first-order chi connectivity index (χ1) is 14.7. The average molecular weight is 439 g/mol. The minimum Gasteiger partial charge on any atom is -0.197 e. The zero-order chi connectivity index (χ0) is 20.8. The van der Waals surface area contributed by atoms with Gasteiger partial charge in [0.15, 0.2) is 0 Å². The number of rotatable bonds is 11. The lowest BCUT2D eigenvalue weighted by Crippen LogP contribution is -1.84. The lowest BCUT2D eigenvalue weighted by Gasteiger charge is -2.00. The van der Waals surface area contributed by atoms with Gasteiger partial charge in [-0.25, -0.2) is 0 Å². The molecule has 0 amide bonds. The van der Waals surface area contributed by atoms with E-state index in [2.05, 4.69) is 62.4 Å². The molecule has 0 fully saturated rings. The van der Waals surface area contributed by atoms with E-state index in [1.54, 1.807) is 0 Å². The van der Waals surface area contributed by atoms with Gasteiger partial charge in [-0.1, -0.05) is 49.9 Å². The van der Waals surface area contributed by atoms with Gasteiger partial charge in [0.25, 0.3) is 0 Å². The summed E-state index contributed by atoms with van der Waals surface area (Å²) in [4.78, 5) is 9.52. The summed E-state index contributed by atoms with van der Waals surface area (Å²) in [5, 5.41) is 2.67. The second-order valence-electron chi connectivity index (χ2n) is 8.22. The summed E-state index contributed by atoms with van der Waals surface area (Å²) >= 11 is 0. The topological polar surface area (TPSA) is 25.8 Å². The number of hydrogen-bond donors (Lipinski definition) is 0. The number of fused-ring (bicyclic) bond motifs is 2. The van der Waals surface area contributed by atoms with Gasteiger partial charge < -0.3 is 0 Å². The molecule has 0 saturated carbocycles. The number of para-hydroxylation sites is 2. The molecule has 2 nitrogen and oxygen atoms in total. The molecule has 2 aromatic carbocycles. The molecule has 0 saturated heterocycles. The third kappa shape index (κ3) is 5.09. The van der Waals surface area contributed by atoms with Gasteiger partial charge in [0.05, 0.1) is 0 Å². The first-order valence-corrected chi connectivity index (χ1v) is 14.2. The fourth-order valence-electron chi connectivity index (χ4n) is 4.35. The highest BCUT2D eigenvalue weighted by atomic mass is 32.2. The molecule has 2 aromatic heterocycles. The van der Waals surface area contributed by atoms with Crippen molar-refractivity contribution in [3.63, 3.8) is 0 Å². The van der Waals surface area contributed by atoms with E-state index in [1.165, 1.54) is 93.3 Å². The van der Waals surface area contributed by atoms with E-state index in [4.69, 9.17) is 9.97 Å². The van der Waals surface area contributed by atoms with Crippen LogP contribution in [-0.4, -0.2) is 9.97 Å². The van der Waals surface area contributed by atoms with E-state index < -0.39 is 0 Å². The zero-order valence-electron chi connectivity index (χ0n) is 18.4. The highest BCUT2D eigenvalue weighted by Crippen LogP contribution is 2.36. The van der Waals surface area contributed by atoms with Crippen LogP contribution in [0.4, 0.5) is 0 Å². The van der Waals surface area contributed by atoms with Crippen LogP contribution in [0.25, 0.3) is 20.4 Å². The van der Waals surface area contributed by atoms with Crippen LogP contribution in [0.3, 0.4) is 0 Å². The first-order valence-electron chi connectivity index (χ1n) is 11.4. The summed E-state index contributed by atoms with van der Waals surface area (Å²) in [6.07, 6.45) is 11.0. The van der Waals surface area contributed by atoms with Crippen molar-refractivity contribution >= 4 is 41.4 Å². The van der Waals surface area contributed by atoms with Gasteiger partial charge in [0.1, 0.15) is 22.5 Å². The number of aryl methyl sites for hydroxylation is 4. The molecular weight excluding hydrogens is 404 g/mol. The molecule has 0 bridgehead atoms. The maximum Gasteiger partial charge on any atom is 0.240 e. The lowest BCUT2D eigenvalue weighted by atomic mass is 10.1. The molecule has 2 unspecified atom stereocenters. The standard InChI is InChI=1S/C26H34N2S2/c1-21-27-23-15-9-11-17-25(23)29(21)19-13-7-5-3-4-6-8-14-20-30-22(2)28-24-16-10-12-18-26(24)30/h9-12,15-18H,3-8,13-14,19-20H2,1-2H3/q+2. The number of thiazole rings is 2. The molecule has 0 aliphatic carbocycles. The minimum atomic E-state index is 0.262. The Kier molecular flexibility index (Phi) is 7.51. The third-order valence-electron chi connectivity index (χ3n) is 5.98. The Morgan fingerprint density at radius 1 is 0.533 bits per heavy atom. The van der Waals surface area contributed by atoms with Crippen molar-refractivity contribution in [2.75, 3.05) is 0 Å². The van der Waals surface area contributed by atoms with Crippen molar-refractivity contribution in [2.24, 2.45) is 0 Å². The van der Waals surface area contributed by atoms with E-state index in [1.807, 2.05) is 0 Å². The van der Waals surface area contributed by atoms with Crippen LogP contribution in [0.1, 0.15) is 61.4 Å². The summed E-state index contributed by atoms with van der Waals surface area (Å²) < 4.78 is 2.95. The van der Waals surface area contributed by atoms with Gasteiger partial charge in [0.2, 0.25) is 19.4 Å². The van der Waals surface area contributed by atoms with Crippen LogP contribution in [0, 0.1) is 13.8 Å². The molecular formula is C26H34N2S2+2. The highest BCUT2D eigenvalue weighted by molar-refractivity contribution is 7.36. The van der Waals surface area contributed by atoms with Crippen LogP contribution in [0.2, 0.25) is 0 Å². The van der Waals surface area contributed by atoms with Crippen molar-refractivity contribution < 1.29 is 0 Å². The molecule has 4 rings (SSSR count). The van der Waals surface area contributed by atoms with Gasteiger partial charge in [-0.3, -0.25) is 0 Å². The van der Waals surface area contributed by atoms with E-state index in [9.17, 15) is 0 Å². The van der Waals surface area contributed by atoms with Crippen LogP contribution in [0.5, 0.6) is 0 Å². The maximum absolute atomic E-state index is 4.76. The fourth-order valence-corrected chi connectivity index (χ4v) is 8.64. The second-order valence-corrected chi connectivity index (χ2v) is 12.7. The van der Waals surface area contributed by atoms with Gasteiger partial charge >= 0.3 is 0 Å². The van der Waals surface area contributed by atoms with Crippen LogP contribution in [0.15, 0.2) is 48.5 Å². The lowest BCUT2D eigenvalue weighted by molar-refractivity contribution is 0.578. The van der Waals surface area contributed by atoms with Crippen LogP contribution >= 0.6 is 20.9 Å². The molecule has 158 valence electrons. The Morgan fingerprint density at radius 2 is 0.900 bits per heavy atom. The molecule has 4 heteroatoms. The third-order valence-corrected chi connectivity index (χ3v) is 10.7. The van der Waals surface area contributed by atoms with E-state index >= 15 is 0 Å². The maximum atomic E-state index is 4.76. The second kappa shape index (κ2) is 10.5. The molecule has 30 heavy (non-hydrogen) atoms. The summed E-state index contributed by atoms with van der Waals surface area (Å²) in [6.45, 7) is 4.42. The predicted molar refractivity (Wildman–Crippen MR) is 135 cm³/mol. The van der Waals surface area contributed by atoms with Gasteiger partial charge in [-0.2, -0.15) is 9.97 Å². The molecule has 0 N–H and O–H groups in total. The van der Waals surface area contributed by atoms with Gasteiger partial charge in [0, 0.05) is 46.9 Å². The summed E-state index contributed by atoms with van der Waals surface area (Å²) in [6, 6.07) is 17.4. The summed E-state index contributed by atoms with van der Waals surface area (Å²) in [7, 11) is 0.525. The Hall–Kier alpha value is -1.78. The number of nitrogens with zero attached hydrogens (tertiary/aromatic N) is 2. The minimum absolute atomic E-state index is 0.262. The van der Waals surface area contributed by atoms with Crippen molar-refractivity contribution in [1.29, 1.82) is 0 Å². The molecule has 0 spiro atoms. The average Bonchev–Trinajstić information content (AvgIpc) is 3.25. The highest BCUT2D eigenvalue weighted by Gasteiger charge is 2.19. The quantitative estimate of drug-likeness (QED) is 0.173. The fraction of sp³-hybridized carbons (Fsp3) is 0.462. The van der Waals surface area contributed by atoms with Gasteiger partial charge in [-0.05, 0) is 37.8 Å². The van der Waals surface area contributed by atoms with Crippen LogP contribution in [-0.2, 0) is 11.5 Å². The SMILES string of the molecule is Cc1nc2ccccc2[s+]1CCCCCCCCCC[s+]1c(C)nc2ccccc21. The number of unbranched alkanes of at least 4 members (excludes halogenated alkanes) is 7. The van der Waals surface area contributed by atoms with E-state index in [-0.39, 0.29) is 20.9 Å². The molecule has 0 aliphatic heterocycles. The molecule has 0 aliphatic rings. The Balaban J connectivity index is 1.09. The van der Waals surface area contributed by atoms with Crippen molar-refractivity contribution in [3.8, 4) is 0 Å². The predicted octanol–water partition coefficient (Wildman–Crippen LogP) is 8.72. The largest absolute Gasteiger partial charge is 0.240 e. The summed E-state index contributed by atoms with van der Waals surface area (Å²) in [5.41, 5.74) is 2.42. The Morgan fingerprint density at radius 3 is 1.33 bits per heavy atom. The Bertz CT molecular complexity index is 1010. The molecule has 0 radical (unpaired) electrons. The van der Waals surface area contributed by atoms with E-state index in [0.29, 0.717) is 0 Å². The van der Waals surface area contributed by atoms with Crippen molar-refractivity contribution in [1.82, 2.24) is 9.97 Å². The molecule has 4 aromatic rings. The summed E-state index contributed by atoms with van der Waals surface area (Å²) in [5.74, 6) is 2.58. The van der Waals surface area contributed by atoms with Crippen molar-refractivity contribution in [3.05, 3.63) is 58.5 Å². The number of aromatic nitrogens is 2. The van der Waals surface area contributed by atoms with E-state index in [0.717, 1.165) is 0 Å². The number of benzene rings is 2. The van der Waals surface area contributed by atoms with Crippen molar-refractivity contribution in [2.45, 2.75) is 76.7 Å². The van der Waals surface area contributed by atoms with Gasteiger partial charge in [-0.15, -0.1) is 0 Å². The normalized spacial score (nSPS) is 12.9. The van der Waals surface area contributed by atoms with Crippen LogP contribution < -0.4 is 0 Å². The smallest absolute Gasteiger partial charge is 0.197 e. The number of hydrogen-bond acceptors (Lipinski definition) is 2. The Labute approximate surface area is 186 Å². The molecule has 2 atom stereocenters.